The first-order valence-corrected chi connectivity index (χ1v) is 10.0. The largest absolute Gasteiger partial charge is 0.286 e. The summed E-state index contributed by atoms with van der Waals surface area (Å²) in [5.74, 6) is 0. The molecule has 148 valence electrons. The Balaban J connectivity index is 1.62. The summed E-state index contributed by atoms with van der Waals surface area (Å²) in [6.45, 7) is 0.666. The molecule has 1 aliphatic heterocycles. The van der Waals surface area contributed by atoms with Crippen LogP contribution in [-0.2, 0) is 6.54 Å². The fourth-order valence-corrected chi connectivity index (χ4v) is 4.07. The van der Waals surface area contributed by atoms with Crippen molar-refractivity contribution in [1.29, 1.82) is 0 Å². The molecule has 1 N–H and O–H groups in total. The molecule has 4 aromatic heterocycles. The molecule has 1 aliphatic rings. The van der Waals surface area contributed by atoms with E-state index in [2.05, 4.69) is 49.4 Å². The fourth-order valence-electron chi connectivity index (χ4n) is 4.07. The highest BCUT2D eigenvalue weighted by molar-refractivity contribution is 5.25. The van der Waals surface area contributed by atoms with Crippen molar-refractivity contribution >= 4 is 0 Å². The second-order valence-electron chi connectivity index (χ2n) is 7.25. The minimum absolute atomic E-state index is 0.0184. The van der Waals surface area contributed by atoms with Crippen molar-refractivity contribution in [3.8, 4) is 0 Å². The maximum Gasteiger partial charge on any atom is 0.105 e. The summed E-state index contributed by atoms with van der Waals surface area (Å²) < 4.78 is 0. The highest BCUT2D eigenvalue weighted by Gasteiger charge is 2.44. The van der Waals surface area contributed by atoms with Crippen LogP contribution in [-0.4, -0.2) is 24.8 Å². The van der Waals surface area contributed by atoms with Crippen molar-refractivity contribution in [3.63, 3.8) is 0 Å². The first kappa shape index (κ1) is 18.5. The standard InChI is InChI=1S/C24H22N6/c1-5-13-25-18(9-1)17-30-23(20-11-3-7-15-27-20)22(19-10-2-6-14-26-19)29-24(30)21-12-4-8-16-28-21/h1-16,22-24,29H,17H2. The Labute approximate surface area is 175 Å². The van der Waals surface area contributed by atoms with E-state index in [0.29, 0.717) is 6.54 Å². The zero-order chi connectivity index (χ0) is 20.2. The Morgan fingerprint density at radius 1 is 0.633 bits per heavy atom. The summed E-state index contributed by atoms with van der Waals surface area (Å²) >= 11 is 0. The average molecular weight is 394 g/mol. The second-order valence-corrected chi connectivity index (χ2v) is 7.25. The maximum absolute atomic E-state index is 4.71. The van der Waals surface area contributed by atoms with E-state index in [-0.39, 0.29) is 18.2 Å². The molecular weight excluding hydrogens is 372 g/mol. The Morgan fingerprint density at radius 2 is 1.20 bits per heavy atom. The highest BCUT2D eigenvalue weighted by atomic mass is 15.4. The SMILES string of the molecule is c1ccc(CN2C(c3ccccn3)NC(c3ccccn3)C2c2ccccn2)nc1. The van der Waals surface area contributed by atoms with Crippen LogP contribution in [0, 0.1) is 0 Å². The zero-order valence-electron chi connectivity index (χ0n) is 16.4. The molecule has 4 aromatic rings. The number of hydrogen-bond acceptors (Lipinski definition) is 6. The molecule has 0 bridgehead atoms. The van der Waals surface area contributed by atoms with Gasteiger partial charge in [-0.2, -0.15) is 0 Å². The Kier molecular flexibility index (Phi) is 5.25. The normalized spacial score (nSPS) is 21.5. The third kappa shape index (κ3) is 3.70. The lowest BCUT2D eigenvalue weighted by Gasteiger charge is -2.29. The summed E-state index contributed by atoms with van der Waals surface area (Å²) in [4.78, 5) is 21.0. The molecule has 5 heterocycles. The Bertz CT molecular complexity index is 1060. The van der Waals surface area contributed by atoms with Crippen LogP contribution in [0.15, 0.2) is 97.6 Å². The first-order chi connectivity index (χ1) is 14.9. The van der Waals surface area contributed by atoms with Gasteiger partial charge in [-0.05, 0) is 48.5 Å². The van der Waals surface area contributed by atoms with E-state index < -0.39 is 0 Å². The smallest absolute Gasteiger partial charge is 0.105 e. The van der Waals surface area contributed by atoms with E-state index in [1.54, 1.807) is 0 Å². The van der Waals surface area contributed by atoms with Crippen LogP contribution in [0.25, 0.3) is 0 Å². The van der Waals surface area contributed by atoms with Crippen molar-refractivity contribution in [1.82, 2.24) is 30.2 Å². The lowest BCUT2D eigenvalue weighted by Crippen LogP contribution is -2.30. The van der Waals surface area contributed by atoms with Gasteiger partial charge in [-0.15, -0.1) is 0 Å². The van der Waals surface area contributed by atoms with Crippen molar-refractivity contribution in [2.45, 2.75) is 24.8 Å². The average Bonchev–Trinajstić information content (AvgIpc) is 3.20. The fraction of sp³-hybridized carbons (Fsp3) is 0.167. The van der Waals surface area contributed by atoms with Crippen molar-refractivity contribution in [2.75, 3.05) is 0 Å². The molecule has 1 saturated heterocycles. The summed E-state index contributed by atoms with van der Waals surface area (Å²) in [6.07, 6.45) is 7.26. The molecule has 6 heteroatoms. The topological polar surface area (TPSA) is 66.8 Å². The van der Waals surface area contributed by atoms with Crippen LogP contribution >= 0.6 is 0 Å². The van der Waals surface area contributed by atoms with E-state index >= 15 is 0 Å². The van der Waals surface area contributed by atoms with Gasteiger partial charge in [-0.25, -0.2) is 0 Å². The van der Waals surface area contributed by atoms with Crippen molar-refractivity contribution in [3.05, 3.63) is 120 Å². The highest BCUT2D eigenvalue weighted by Crippen LogP contribution is 2.44. The van der Waals surface area contributed by atoms with E-state index in [4.69, 9.17) is 4.98 Å². The monoisotopic (exact) mass is 394 g/mol. The molecule has 0 saturated carbocycles. The summed E-state index contributed by atoms with van der Waals surface area (Å²) in [7, 11) is 0. The first-order valence-electron chi connectivity index (χ1n) is 10.0. The summed E-state index contributed by atoms with van der Waals surface area (Å²) in [5.41, 5.74) is 3.95. The number of rotatable bonds is 5. The number of nitrogens with one attached hydrogen (secondary N) is 1. The Hall–Kier alpha value is -3.48. The minimum Gasteiger partial charge on any atom is -0.286 e. The van der Waals surface area contributed by atoms with Gasteiger partial charge in [0.25, 0.3) is 0 Å². The molecule has 0 amide bonds. The van der Waals surface area contributed by atoms with Crippen LogP contribution in [0.4, 0.5) is 0 Å². The van der Waals surface area contributed by atoms with Gasteiger partial charge < -0.3 is 0 Å². The molecule has 0 spiro atoms. The van der Waals surface area contributed by atoms with E-state index in [0.717, 1.165) is 22.8 Å². The quantitative estimate of drug-likeness (QED) is 0.555. The number of hydrogen-bond donors (Lipinski definition) is 1. The lowest BCUT2D eigenvalue weighted by molar-refractivity contribution is 0.167. The molecule has 0 radical (unpaired) electrons. The maximum atomic E-state index is 4.71. The van der Waals surface area contributed by atoms with Crippen LogP contribution in [0.2, 0.25) is 0 Å². The number of nitrogens with zero attached hydrogens (tertiary/aromatic N) is 5. The number of aromatic nitrogens is 4. The molecule has 5 rings (SSSR count). The van der Waals surface area contributed by atoms with E-state index in [1.165, 1.54) is 0 Å². The van der Waals surface area contributed by atoms with Gasteiger partial charge >= 0.3 is 0 Å². The van der Waals surface area contributed by atoms with E-state index in [9.17, 15) is 0 Å². The van der Waals surface area contributed by atoms with Gasteiger partial charge in [0.05, 0.1) is 34.9 Å². The third-order valence-electron chi connectivity index (χ3n) is 5.38. The van der Waals surface area contributed by atoms with Crippen LogP contribution in [0.1, 0.15) is 41.0 Å². The van der Waals surface area contributed by atoms with Crippen LogP contribution in [0.3, 0.4) is 0 Å². The molecular formula is C24H22N6. The van der Waals surface area contributed by atoms with Gasteiger partial charge in [0.15, 0.2) is 0 Å². The predicted molar refractivity (Wildman–Crippen MR) is 114 cm³/mol. The third-order valence-corrected chi connectivity index (χ3v) is 5.38. The molecule has 6 nitrogen and oxygen atoms in total. The van der Waals surface area contributed by atoms with Crippen molar-refractivity contribution < 1.29 is 0 Å². The lowest BCUT2D eigenvalue weighted by atomic mass is 10.0. The van der Waals surface area contributed by atoms with Gasteiger partial charge in [-0.1, -0.05) is 24.3 Å². The molecule has 3 unspecified atom stereocenters. The van der Waals surface area contributed by atoms with Crippen molar-refractivity contribution in [2.24, 2.45) is 0 Å². The van der Waals surface area contributed by atoms with Gasteiger partial charge in [0, 0.05) is 31.3 Å². The van der Waals surface area contributed by atoms with Crippen LogP contribution in [0.5, 0.6) is 0 Å². The second kappa shape index (κ2) is 8.49. The molecule has 0 aliphatic carbocycles. The van der Waals surface area contributed by atoms with Gasteiger partial charge in [0.2, 0.25) is 0 Å². The summed E-state index contributed by atoms with van der Waals surface area (Å²) in [5, 5.41) is 3.78. The summed E-state index contributed by atoms with van der Waals surface area (Å²) in [6, 6.07) is 24.1. The predicted octanol–water partition coefficient (Wildman–Crippen LogP) is 3.85. The van der Waals surface area contributed by atoms with Crippen LogP contribution < -0.4 is 5.32 Å². The van der Waals surface area contributed by atoms with E-state index in [1.807, 2.05) is 73.3 Å². The molecule has 0 aromatic carbocycles. The Morgan fingerprint density at radius 3 is 1.77 bits per heavy atom. The number of pyridine rings is 4. The van der Waals surface area contributed by atoms with Gasteiger partial charge in [0.1, 0.15) is 6.17 Å². The molecule has 30 heavy (non-hydrogen) atoms. The minimum atomic E-state index is -0.0905. The molecule has 3 atom stereocenters. The van der Waals surface area contributed by atoms with Gasteiger partial charge in [-0.3, -0.25) is 30.2 Å². The zero-order valence-corrected chi connectivity index (χ0v) is 16.4. The molecule has 1 fully saturated rings.